The van der Waals surface area contributed by atoms with Gasteiger partial charge in [-0.3, -0.25) is 19.7 Å². The quantitative estimate of drug-likeness (QED) is 0.224. The van der Waals surface area contributed by atoms with Crippen molar-refractivity contribution in [3.05, 3.63) is 64.6 Å². The van der Waals surface area contributed by atoms with E-state index in [1.165, 1.54) is 18.9 Å². The van der Waals surface area contributed by atoms with E-state index in [0.717, 1.165) is 22.9 Å². The van der Waals surface area contributed by atoms with Crippen molar-refractivity contribution in [3.63, 3.8) is 0 Å². The van der Waals surface area contributed by atoms with Crippen LogP contribution in [0.4, 0.5) is 9.59 Å². The van der Waals surface area contributed by atoms with Crippen LogP contribution < -0.4 is 20.7 Å². The van der Waals surface area contributed by atoms with Gasteiger partial charge in [-0.05, 0) is 92.4 Å². The number of methoxy groups -OCH3 is 1. The van der Waals surface area contributed by atoms with Crippen LogP contribution in [0, 0.1) is 0 Å². The molecule has 0 bridgehead atoms. The summed E-state index contributed by atoms with van der Waals surface area (Å²) in [5, 5.41) is 7.13. The van der Waals surface area contributed by atoms with E-state index in [1.54, 1.807) is 75.4 Å². The first-order chi connectivity index (χ1) is 20.4. The van der Waals surface area contributed by atoms with Crippen molar-refractivity contribution in [1.82, 2.24) is 16.0 Å². The fraction of sp³-hybridized carbons (Fsp3) is 0.367. The standard InChI is InChI=1S/C30H35N3O8S2/c1-30(2,3)41-28(37)32-22(14-15-42-5)25(34)31-23(27(36)39-4)16-18-6-10-20(11-7-18)40-21-12-8-19(9-13-21)17-24-26(35)33-29(38)43-24/h6-13,17,22-23H,14-16H2,1-5H3,(H,31,34)(H,32,37)(H,33,35,38). The fourth-order valence-corrected chi connectivity index (χ4v) is 4.99. The van der Waals surface area contributed by atoms with Crippen LogP contribution >= 0.6 is 23.5 Å². The number of esters is 1. The average Bonchev–Trinajstić information content (AvgIpc) is 3.26. The number of hydrogen-bond acceptors (Lipinski definition) is 10. The maximum atomic E-state index is 13.1. The van der Waals surface area contributed by atoms with Gasteiger partial charge < -0.3 is 24.8 Å². The minimum absolute atomic E-state index is 0.151. The largest absolute Gasteiger partial charge is 0.467 e. The first-order valence-corrected chi connectivity index (χ1v) is 15.6. The van der Waals surface area contributed by atoms with E-state index in [9.17, 15) is 24.0 Å². The van der Waals surface area contributed by atoms with E-state index in [-0.39, 0.29) is 6.42 Å². The first kappa shape index (κ1) is 33.5. The second-order valence-corrected chi connectivity index (χ2v) is 12.4. The topological polar surface area (TPSA) is 149 Å². The number of amides is 4. The molecule has 3 N–H and O–H groups in total. The molecule has 1 aliphatic rings. The number of hydrogen-bond donors (Lipinski definition) is 3. The molecule has 3 rings (SSSR count). The Balaban J connectivity index is 1.63. The van der Waals surface area contributed by atoms with Crippen molar-refractivity contribution >= 4 is 58.7 Å². The molecular formula is C30H35N3O8S2. The monoisotopic (exact) mass is 629 g/mol. The number of carbonyl (C=O) groups excluding carboxylic acids is 5. The number of carbonyl (C=O) groups is 5. The van der Waals surface area contributed by atoms with Crippen LogP contribution in [-0.2, 0) is 30.3 Å². The maximum Gasteiger partial charge on any atom is 0.408 e. The Morgan fingerprint density at radius 1 is 0.977 bits per heavy atom. The maximum absolute atomic E-state index is 13.1. The average molecular weight is 630 g/mol. The number of imide groups is 1. The van der Waals surface area contributed by atoms with Crippen molar-refractivity contribution in [3.8, 4) is 11.5 Å². The summed E-state index contributed by atoms with van der Waals surface area (Å²) < 4.78 is 16.1. The molecule has 2 aromatic carbocycles. The zero-order valence-electron chi connectivity index (χ0n) is 24.6. The fourth-order valence-electron chi connectivity index (χ4n) is 3.83. The van der Waals surface area contributed by atoms with Gasteiger partial charge in [0, 0.05) is 6.42 Å². The van der Waals surface area contributed by atoms with Crippen LogP contribution in [0.5, 0.6) is 11.5 Å². The lowest BCUT2D eigenvalue weighted by atomic mass is 10.0. The van der Waals surface area contributed by atoms with Crippen LogP contribution in [0.25, 0.3) is 6.08 Å². The van der Waals surface area contributed by atoms with Gasteiger partial charge in [0.1, 0.15) is 29.2 Å². The smallest absolute Gasteiger partial charge is 0.408 e. The lowest BCUT2D eigenvalue weighted by Gasteiger charge is -2.25. The normalized spacial score (nSPS) is 15.3. The summed E-state index contributed by atoms with van der Waals surface area (Å²) in [4.78, 5) is 61.4. The van der Waals surface area contributed by atoms with E-state index >= 15 is 0 Å². The Hall–Kier alpha value is -3.97. The zero-order valence-corrected chi connectivity index (χ0v) is 26.2. The second-order valence-electron chi connectivity index (χ2n) is 10.4. The third-order valence-corrected chi connectivity index (χ3v) is 7.29. The highest BCUT2D eigenvalue weighted by molar-refractivity contribution is 8.18. The van der Waals surface area contributed by atoms with Crippen LogP contribution in [0.15, 0.2) is 53.4 Å². The minimum Gasteiger partial charge on any atom is -0.467 e. The van der Waals surface area contributed by atoms with E-state index in [0.29, 0.717) is 28.6 Å². The summed E-state index contributed by atoms with van der Waals surface area (Å²) >= 11 is 2.37. The highest BCUT2D eigenvalue weighted by Gasteiger charge is 2.29. The number of thioether (sulfide) groups is 2. The molecule has 0 saturated carbocycles. The molecule has 1 saturated heterocycles. The molecule has 230 valence electrons. The van der Waals surface area contributed by atoms with E-state index in [2.05, 4.69) is 16.0 Å². The van der Waals surface area contributed by atoms with Gasteiger partial charge in [-0.25, -0.2) is 9.59 Å². The third-order valence-electron chi connectivity index (χ3n) is 5.84. The van der Waals surface area contributed by atoms with Gasteiger partial charge in [0.05, 0.1) is 12.0 Å². The van der Waals surface area contributed by atoms with Gasteiger partial charge in [0.25, 0.3) is 11.1 Å². The molecule has 43 heavy (non-hydrogen) atoms. The molecular weight excluding hydrogens is 594 g/mol. The highest BCUT2D eigenvalue weighted by atomic mass is 32.2. The summed E-state index contributed by atoms with van der Waals surface area (Å²) in [6.07, 6.45) is 3.29. The highest BCUT2D eigenvalue weighted by Crippen LogP contribution is 2.27. The van der Waals surface area contributed by atoms with Crippen molar-refractivity contribution in [2.24, 2.45) is 0 Å². The Bertz CT molecular complexity index is 1350. The summed E-state index contributed by atoms with van der Waals surface area (Å²) in [5.74, 6) is 0.148. The van der Waals surface area contributed by atoms with E-state index < -0.39 is 46.8 Å². The number of nitrogens with one attached hydrogen (secondary N) is 3. The lowest BCUT2D eigenvalue weighted by molar-refractivity contribution is -0.145. The first-order valence-electron chi connectivity index (χ1n) is 13.3. The van der Waals surface area contributed by atoms with Gasteiger partial charge in [-0.1, -0.05) is 24.3 Å². The molecule has 1 aliphatic heterocycles. The molecule has 2 unspecified atom stereocenters. The summed E-state index contributed by atoms with van der Waals surface area (Å²) in [6.45, 7) is 5.18. The Kier molecular flexibility index (Phi) is 12.1. The van der Waals surface area contributed by atoms with Crippen molar-refractivity contribution in [2.45, 2.75) is 51.3 Å². The van der Waals surface area contributed by atoms with Crippen LogP contribution in [0.2, 0.25) is 0 Å². The molecule has 0 spiro atoms. The molecule has 1 heterocycles. The van der Waals surface area contributed by atoms with Gasteiger partial charge in [-0.15, -0.1) is 0 Å². The predicted octanol–water partition coefficient (Wildman–Crippen LogP) is 4.65. The SMILES string of the molecule is COC(=O)C(Cc1ccc(Oc2ccc(C=C3SC(=O)NC3=O)cc2)cc1)NC(=O)C(CCSC)NC(=O)OC(C)(C)C. The van der Waals surface area contributed by atoms with Gasteiger partial charge in [-0.2, -0.15) is 11.8 Å². The predicted molar refractivity (Wildman–Crippen MR) is 166 cm³/mol. The van der Waals surface area contributed by atoms with Gasteiger partial charge in [0.2, 0.25) is 5.91 Å². The summed E-state index contributed by atoms with van der Waals surface area (Å²) in [6, 6.07) is 12.1. The molecule has 0 aromatic heterocycles. The molecule has 2 aromatic rings. The number of alkyl carbamates (subject to hydrolysis) is 1. The summed E-state index contributed by atoms with van der Waals surface area (Å²) in [7, 11) is 1.24. The van der Waals surface area contributed by atoms with E-state index in [1.807, 2.05) is 6.26 Å². The zero-order chi connectivity index (χ0) is 31.6. The molecule has 0 radical (unpaired) electrons. The number of rotatable bonds is 12. The summed E-state index contributed by atoms with van der Waals surface area (Å²) in [5.41, 5.74) is 0.753. The second kappa shape index (κ2) is 15.5. The third kappa shape index (κ3) is 11.0. The van der Waals surface area contributed by atoms with Crippen LogP contribution in [0.3, 0.4) is 0 Å². The van der Waals surface area contributed by atoms with Crippen LogP contribution in [0.1, 0.15) is 38.3 Å². The number of benzene rings is 2. The Morgan fingerprint density at radius 2 is 1.60 bits per heavy atom. The van der Waals surface area contributed by atoms with E-state index in [4.69, 9.17) is 14.2 Å². The van der Waals surface area contributed by atoms with Gasteiger partial charge >= 0.3 is 12.1 Å². The van der Waals surface area contributed by atoms with Crippen LogP contribution in [-0.4, -0.2) is 65.9 Å². The lowest BCUT2D eigenvalue weighted by Crippen LogP contribution is -2.53. The molecule has 4 amide bonds. The molecule has 0 aliphatic carbocycles. The van der Waals surface area contributed by atoms with Crippen molar-refractivity contribution in [1.29, 1.82) is 0 Å². The Morgan fingerprint density at radius 3 is 2.14 bits per heavy atom. The van der Waals surface area contributed by atoms with Gasteiger partial charge in [0.15, 0.2) is 0 Å². The molecule has 1 fully saturated rings. The Labute approximate surface area is 258 Å². The number of ether oxygens (including phenoxy) is 3. The molecule has 2 atom stereocenters. The molecule has 11 nitrogen and oxygen atoms in total. The van der Waals surface area contributed by atoms with Crippen molar-refractivity contribution < 1.29 is 38.2 Å². The minimum atomic E-state index is -0.987. The van der Waals surface area contributed by atoms with Crippen molar-refractivity contribution in [2.75, 3.05) is 19.1 Å². The molecule has 13 heteroatoms.